The third-order valence-electron chi connectivity index (χ3n) is 8.48. The zero-order valence-corrected chi connectivity index (χ0v) is 35.4. The van der Waals surface area contributed by atoms with Crippen LogP contribution in [0.25, 0.3) is 0 Å². The lowest BCUT2D eigenvalue weighted by atomic mass is 9.80. The molecule has 0 amide bonds. The Morgan fingerprint density at radius 3 is 0.723 bits per heavy atom. The molecule has 1 unspecified atom stereocenters. The third-order valence-corrected chi connectivity index (χ3v) is 9.52. The van der Waals surface area contributed by atoms with Crippen LogP contribution < -0.4 is 13.6 Å². The predicted molar refractivity (Wildman–Crippen MR) is 211 cm³/mol. The molecule has 0 N–H and O–H groups in total. The summed E-state index contributed by atoms with van der Waals surface area (Å²) in [6.07, 6.45) is 0. The van der Waals surface area contributed by atoms with E-state index < -0.39 is 8.60 Å². The van der Waals surface area contributed by atoms with E-state index in [-0.39, 0.29) is 42.4 Å². The molecule has 5 heteroatoms. The maximum atomic E-state index is 6.90. The average Bonchev–Trinajstić information content (AvgIpc) is 2.85. The molecule has 0 bridgehead atoms. The van der Waals surface area contributed by atoms with Crippen molar-refractivity contribution in [2.45, 2.75) is 157 Å². The molecule has 0 aromatic heterocycles. The van der Waals surface area contributed by atoms with Crippen molar-refractivity contribution in [2.24, 2.45) is 0 Å². The van der Waals surface area contributed by atoms with E-state index in [4.69, 9.17) is 13.6 Å². The molecule has 0 fully saturated rings. The largest absolute Gasteiger partial charge is 0.530 e. The summed E-state index contributed by atoms with van der Waals surface area (Å²) in [5.74, 6) is 2.37. The van der Waals surface area contributed by atoms with Crippen LogP contribution in [0, 0.1) is 0 Å². The van der Waals surface area contributed by atoms with Gasteiger partial charge in [-0.3, -0.25) is 0 Å². The number of hydrogen-bond acceptors (Lipinski definition) is 3. The van der Waals surface area contributed by atoms with Gasteiger partial charge in [0.15, 0.2) is 0 Å². The van der Waals surface area contributed by atoms with Crippen molar-refractivity contribution in [1.82, 2.24) is 0 Å². The van der Waals surface area contributed by atoms with Gasteiger partial charge in [0, 0.05) is 16.7 Å². The van der Waals surface area contributed by atoms with Crippen molar-refractivity contribution in [2.75, 3.05) is 0 Å². The summed E-state index contributed by atoms with van der Waals surface area (Å²) in [5.41, 5.74) is 6.85. The lowest BCUT2D eigenvalue weighted by Gasteiger charge is -2.31. The molecule has 0 aliphatic carbocycles. The molecule has 1 atom stereocenters. The van der Waals surface area contributed by atoms with Gasteiger partial charge in [-0.05, 0) is 67.4 Å². The Hall–Kier alpha value is -2.08. The molecule has 0 aliphatic heterocycles. The second-order valence-electron chi connectivity index (χ2n) is 19.1. The molecule has 0 radical (unpaired) electrons. The maximum absolute atomic E-state index is 6.90. The van der Waals surface area contributed by atoms with Crippen LogP contribution in [0.1, 0.15) is 158 Å². The fourth-order valence-electron chi connectivity index (χ4n) is 5.28. The molecule has 0 saturated carbocycles. The van der Waals surface area contributed by atoms with Gasteiger partial charge < -0.3 is 13.6 Å². The standard InChI is InChI=1S/C42H63O3P.H3P/c1-37(2,3)28-19-22-34(31(25-28)40(10,11)12)43-46(44-35-23-20-29(38(4,5)6)26-32(35)41(13,14)15)45-36-24-21-30(39(7,8)9)27-33(36)42(16,17)18;/h19-27H,1-18H3;1H3. The molecular formula is C42H66O3P2. The minimum atomic E-state index is -1.89. The van der Waals surface area contributed by atoms with Crippen LogP contribution in [0.2, 0.25) is 0 Å². The highest BCUT2D eigenvalue weighted by molar-refractivity contribution is 7.43. The first-order valence-electron chi connectivity index (χ1n) is 16.9. The van der Waals surface area contributed by atoms with Gasteiger partial charge in [0.2, 0.25) is 0 Å². The molecule has 0 spiro atoms. The number of hydrogen-bond donors (Lipinski definition) is 0. The summed E-state index contributed by atoms with van der Waals surface area (Å²) in [6.45, 7) is 40.3. The van der Waals surface area contributed by atoms with E-state index in [1.165, 1.54) is 16.7 Å². The Morgan fingerprint density at radius 1 is 0.340 bits per heavy atom. The van der Waals surface area contributed by atoms with Gasteiger partial charge in [-0.25, -0.2) is 0 Å². The van der Waals surface area contributed by atoms with Crippen molar-refractivity contribution in [3.8, 4) is 17.2 Å². The zero-order valence-electron chi connectivity index (χ0n) is 33.1. The van der Waals surface area contributed by atoms with Crippen molar-refractivity contribution >= 4 is 18.5 Å². The van der Waals surface area contributed by atoms with Gasteiger partial charge in [-0.2, -0.15) is 9.90 Å². The third kappa shape index (κ3) is 10.7. The lowest BCUT2D eigenvalue weighted by Crippen LogP contribution is -2.20. The van der Waals surface area contributed by atoms with Crippen LogP contribution >= 0.6 is 18.5 Å². The topological polar surface area (TPSA) is 27.7 Å². The Kier molecular flexibility index (Phi) is 12.3. The predicted octanol–water partition coefficient (Wildman–Crippen LogP) is 13.3. The van der Waals surface area contributed by atoms with E-state index in [0.717, 1.165) is 33.9 Å². The van der Waals surface area contributed by atoms with Crippen LogP contribution in [0.4, 0.5) is 0 Å². The molecule has 0 saturated heterocycles. The number of rotatable bonds is 6. The van der Waals surface area contributed by atoms with Gasteiger partial charge in [-0.1, -0.05) is 161 Å². The van der Waals surface area contributed by atoms with Gasteiger partial charge in [0.05, 0.1) is 0 Å². The Bertz CT molecular complexity index is 1330. The van der Waals surface area contributed by atoms with Crippen LogP contribution in [-0.4, -0.2) is 0 Å². The highest BCUT2D eigenvalue weighted by atomic mass is 31.2. The van der Waals surface area contributed by atoms with E-state index in [1.54, 1.807) is 0 Å². The Labute approximate surface area is 293 Å². The smallest absolute Gasteiger partial charge is 0.408 e. The van der Waals surface area contributed by atoms with Crippen molar-refractivity contribution in [1.29, 1.82) is 0 Å². The van der Waals surface area contributed by atoms with Crippen molar-refractivity contribution < 1.29 is 13.6 Å². The van der Waals surface area contributed by atoms with Gasteiger partial charge in [0.25, 0.3) is 0 Å². The molecule has 3 rings (SSSR count). The summed E-state index contributed by atoms with van der Waals surface area (Å²) in [5, 5.41) is 0. The monoisotopic (exact) mass is 680 g/mol. The molecule has 3 aromatic rings. The van der Waals surface area contributed by atoms with Gasteiger partial charge in [0.1, 0.15) is 17.2 Å². The second-order valence-corrected chi connectivity index (χ2v) is 20.1. The fraction of sp³-hybridized carbons (Fsp3) is 0.571. The quantitative estimate of drug-likeness (QED) is 0.243. The molecule has 0 aliphatic rings. The average molecular weight is 681 g/mol. The molecule has 3 aromatic carbocycles. The van der Waals surface area contributed by atoms with E-state index in [0.29, 0.717) is 0 Å². The SMILES string of the molecule is CC(C)(C)c1ccc(OP(Oc2ccc(C(C)(C)C)cc2C(C)(C)C)Oc2ccc(C(C)(C)C)cc2C(C)(C)C)c(C(C)(C)C)c1.P. The zero-order chi connectivity index (χ0) is 35.3. The van der Waals surface area contributed by atoms with E-state index in [2.05, 4.69) is 179 Å². The summed E-state index contributed by atoms with van der Waals surface area (Å²) >= 11 is 0. The van der Waals surface area contributed by atoms with Crippen LogP contribution in [-0.2, 0) is 32.5 Å². The highest BCUT2D eigenvalue weighted by Crippen LogP contribution is 2.50. The minimum absolute atomic E-state index is 0. The molecule has 47 heavy (non-hydrogen) atoms. The lowest BCUT2D eigenvalue weighted by molar-refractivity contribution is 0.372. The van der Waals surface area contributed by atoms with Crippen LogP contribution in [0.3, 0.4) is 0 Å². The summed E-state index contributed by atoms with van der Waals surface area (Å²) < 4.78 is 20.7. The molecule has 0 heterocycles. The molecule has 3 nitrogen and oxygen atoms in total. The summed E-state index contributed by atoms with van der Waals surface area (Å²) in [6, 6.07) is 19.7. The van der Waals surface area contributed by atoms with E-state index in [9.17, 15) is 0 Å². The highest BCUT2D eigenvalue weighted by Gasteiger charge is 2.32. The van der Waals surface area contributed by atoms with Crippen LogP contribution in [0.5, 0.6) is 17.2 Å². The van der Waals surface area contributed by atoms with Crippen LogP contribution in [0.15, 0.2) is 54.6 Å². The van der Waals surface area contributed by atoms with E-state index >= 15 is 0 Å². The summed E-state index contributed by atoms with van der Waals surface area (Å²) in [4.78, 5) is 0. The normalized spacial score (nSPS) is 13.3. The number of benzene rings is 3. The first-order valence-corrected chi connectivity index (χ1v) is 18.0. The Morgan fingerprint density at radius 2 is 0.553 bits per heavy atom. The first-order chi connectivity index (χ1) is 20.6. The Balaban J connectivity index is 0.00000768. The maximum Gasteiger partial charge on any atom is 0.530 e. The van der Waals surface area contributed by atoms with Crippen molar-refractivity contribution in [3.05, 3.63) is 88.0 Å². The van der Waals surface area contributed by atoms with Gasteiger partial charge >= 0.3 is 8.60 Å². The van der Waals surface area contributed by atoms with Crippen molar-refractivity contribution in [3.63, 3.8) is 0 Å². The molecule has 262 valence electrons. The van der Waals surface area contributed by atoms with Gasteiger partial charge in [-0.15, -0.1) is 0 Å². The minimum Gasteiger partial charge on any atom is -0.408 e. The summed E-state index contributed by atoms with van der Waals surface area (Å²) in [7, 11) is -1.89. The first kappa shape index (κ1) is 41.1. The fourth-order valence-corrected chi connectivity index (χ4v) is 6.35. The van der Waals surface area contributed by atoms with E-state index in [1.807, 2.05) is 0 Å². The second kappa shape index (κ2) is 14.0. The molecular weight excluding hydrogens is 614 g/mol.